The first-order valence-corrected chi connectivity index (χ1v) is 8.60. The number of thiazole rings is 1. The average Bonchev–Trinajstić information content (AvgIpc) is 3.26. The molecule has 2 aromatic rings. The van der Waals surface area contributed by atoms with Crippen molar-refractivity contribution < 1.29 is 4.79 Å². The number of nitrogens with zero attached hydrogens (tertiary/aromatic N) is 2. The Balaban J connectivity index is 1.83. The van der Waals surface area contributed by atoms with Gasteiger partial charge in [0.1, 0.15) is 4.88 Å². The quantitative estimate of drug-likeness (QED) is 0.917. The van der Waals surface area contributed by atoms with Crippen LogP contribution >= 0.6 is 11.3 Å². The third kappa shape index (κ3) is 3.19. The fourth-order valence-electron chi connectivity index (χ4n) is 2.69. The number of aromatic nitrogens is 2. The number of rotatable bonds is 5. The van der Waals surface area contributed by atoms with Gasteiger partial charge in [0.25, 0.3) is 5.91 Å². The molecule has 1 aliphatic carbocycles. The molecule has 0 aliphatic heterocycles. The van der Waals surface area contributed by atoms with Gasteiger partial charge >= 0.3 is 0 Å². The zero-order valence-electron chi connectivity index (χ0n) is 13.2. The van der Waals surface area contributed by atoms with Gasteiger partial charge in [0.15, 0.2) is 0 Å². The van der Waals surface area contributed by atoms with E-state index < -0.39 is 0 Å². The molecule has 5 heteroatoms. The largest absolute Gasteiger partial charge is 0.343 e. The summed E-state index contributed by atoms with van der Waals surface area (Å²) in [4.78, 5) is 22.3. The summed E-state index contributed by atoms with van der Waals surface area (Å²) in [7, 11) is 0. The van der Waals surface area contributed by atoms with Crippen LogP contribution < -0.4 is 5.32 Å². The van der Waals surface area contributed by atoms with Crippen molar-refractivity contribution in [3.63, 3.8) is 0 Å². The monoisotopic (exact) mass is 315 g/mol. The van der Waals surface area contributed by atoms with Crippen molar-refractivity contribution in [3.8, 4) is 0 Å². The van der Waals surface area contributed by atoms with Crippen molar-refractivity contribution in [2.24, 2.45) is 5.92 Å². The smallest absolute Gasteiger partial charge is 0.263 e. The minimum atomic E-state index is -0.0114. The molecule has 0 bridgehead atoms. The molecule has 0 spiro atoms. The van der Waals surface area contributed by atoms with Crippen LogP contribution in [0.3, 0.4) is 0 Å². The molecular formula is C17H21N3OS. The molecule has 0 unspecified atom stereocenters. The highest BCUT2D eigenvalue weighted by Crippen LogP contribution is 2.40. The molecular weight excluding hydrogens is 294 g/mol. The molecule has 1 N–H and O–H groups in total. The van der Waals surface area contributed by atoms with Crippen LogP contribution in [0.15, 0.2) is 18.3 Å². The fourth-order valence-corrected chi connectivity index (χ4v) is 3.60. The van der Waals surface area contributed by atoms with Crippen molar-refractivity contribution in [2.45, 2.75) is 46.1 Å². The van der Waals surface area contributed by atoms with Gasteiger partial charge in [-0.05, 0) is 56.7 Å². The van der Waals surface area contributed by atoms with Crippen LogP contribution in [0.4, 0.5) is 0 Å². The number of hydrogen-bond acceptors (Lipinski definition) is 4. The summed E-state index contributed by atoms with van der Waals surface area (Å²) in [5.41, 5.74) is 3.04. The van der Waals surface area contributed by atoms with Gasteiger partial charge in [-0.15, -0.1) is 11.3 Å². The SMILES string of the molecule is CCc1nc(C)sc1C(=O)N[C@H](c1cc(C)ccn1)C1CC1. The van der Waals surface area contributed by atoms with Gasteiger partial charge < -0.3 is 5.32 Å². The number of carbonyl (C=O) groups is 1. The lowest BCUT2D eigenvalue weighted by Gasteiger charge is -2.18. The molecule has 22 heavy (non-hydrogen) atoms. The molecule has 2 aromatic heterocycles. The first-order valence-electron chi connectivity index (χ1n) is 7.78. The molecule has 4 nitrogen and oxygen atoms in total. The third-order valence-corrected chi connectivity index (χ3v) is 4.99. The van der Waals surface area contributed by atoms with E-state index in [0.29, 0.717) is 5.92 Å². The minimum Gasteiger partial charge on any atom is -0.343 e. The maximum Gasteiger partial charge on any atom is 0.263 e. The summed E-state index contributed by atoms with van der Waals surface area (Å²) in [6.45, 7) is 6.03. The fraction of sp³-hybridized carbons (Fsp3) is 0.471. The Morgan fingerprint density at radius 2 is 2.23 bits per heavy atom. The second-order valence-electron chi connectivity index (χ2n) is 5.91. The van der Waals surface area contributed by atoms with Crippen molar-refractivity contribution in [1.82, 2.24) is 15.3 Å². The molecule has 1 atom stereocenters. The van der Waals surface area contributed by atoms with Crippen LogP contribution in [0, 0.1) is 19.8 Å². The number of aryl methyl sites for hydroxylation is 3. The summed E-state index contributed by atoms with van der Waals surface area (Å²) in [6.07, 6.45) is 4.91. The summed E-state index contributed by atoms with van der Waals surface area (Å²) in [5, 5.41) is 4.14. The lowest BCUT2D eigenvalue weighted by atomic mass is 10.1. The van der Waals surface area contributed by atoms with E-state index in [0.717, 1.165) is 40.5 Å². The molecule has 1 fully saturated rings. The summed E-state index contributed by atoms with van der Waals surface area (Å²) >= 11 is 1.48. The van der Waals surface area contributed by atoms with Crippen LogP contribution in [-0.4, -0.2) is 15.9 Å². The van der Waals surface area contributed by atoms with Gasteiger partial charge in [-0.1, -0.05) is 6.92 Å². The molecule has 0 aromatic carbocycles. The standard InChI is InChI=1S/C17H21N3OS/c1-4-13-16(22-11(3)19-13)17(21)20-15(12-5-6-12)14-9-10(2)7-8-18-14/h7-9,12,15H,4-6H2,1-3H3,(H,20,21)/t15-/m0/s1. The van der Waals surface area contributed by atoms with E-state index in [1.807, 2.05) is 26.1 Å². The summed E-state index contributed by atoms with van der Waals surface area (Å²) in [5.74, 6) is 0.500. The molecule has 2 heterocycles. The zero-order chi connectivity index (χ0) is 15.7. The highest BCUT2D eigenvalue weighted by atomic mass is 32.1. The van der Waals surface area contributed by atoms with Crippen LogP contribution in [0.25, 0.3) is 0 Å². The van der Waals surface area contributed by atoms with Crippen LogP contribution in [-0.2, 0) is 6.42 Å². The maximum atomic E-state index is 12.7. The lowest BCUT2D eigenvalue weighted by molar-refractivity contribution is 0.0933. The van der Waals surface area contributed by atoms with E-state index >= 15 is 0 Å². The molecule has 116 valence electrons. The molecule has 0 saturated heterocycles. The van der Waals surface area contributed by atoms with E-state index in [1.165, 1.54) is 16.9 Å². The van der Waals surface area contributed by atoms with E-state index in [9.17, 15) is 4.79 Å². The predicted octanol–water partition coefficient (Wildman–Crippen LogP) is 3.60. The highest BCUT2D eigenvalue weighted by molar-refractivity contribution is 7.13. The average molecular weight is 315 g/mol. The topological polar surface area (TPSA) is 54.9 Å². The van der Waals surface area contributed by atoms with Crippen LogP contribution in [0.5, 0.6) is 0 Å². The molecule has 1 amide bonds. The molecule has 1 saturated carbocycles. The highest BCUT2D eigenvalue weighted by Gasteiger charge is 2.35. The first-order chi connectivity index (χ1) is 10.6. The lowest BCUT2D eigenvalue weighted by Crippen LogP contribution is -2.30. The molecule has 3 rings (SSSR count). The Hall–Kier alpha value is -1.75. The first kappa shape index (κ1) is 15.2. The second-order valence-corrected chi connectivity index (χ2v) is 7.11. The third-order valence-electron chi connectivity index (χ3n) is 3.98. The van der Waals surface area contributed by atoms with Crippen LogP contribution in [0.2, 0.25) is 0 Å². The van der Waals surface area contributed by atoms with Gasteiger partial charge in [0, 0.05) is 6.20 Å². The second kappa shape index (κ2) is 6.16. The molecule has 0 radical (unpaired) electrons. The number of amides is 1. The van der Waals surface area contributed by atoms with Gasteiger partial charge in [-0.25, -0.2) is 4.98 Å². The van der Waals surface area contributed by atoms with Gasteiger partial charge in [-0.2, -0.15) is 0 Å². The Labute approximate surface area is 135 Å². The normalized spacial score (nSPS) is 15.6. The minimum absolute atomic E-state index is 0.0114. The summed E-state index contributed by atoms with van der Waals surface area (Å²) < 4.78 is 0. The molecule has 1 aliphatic rings. The van der Waals surface area contributed by atoms with Crippen molar-refractivity contribution >= 4 is 17.2 Å². The number of carbonyl (C=O) groups excluding carboxylic acids is 1. The predicted molar refractivity (Wildman–Crippen MR) is 88.1 cm³/mol. The van der Waals surface area contributed by atoms with Gasteiger partial charge in [-0.3, -0.25) is 9.78 Å². The number of nitrogens with one attached hydrogen (secondary N) is 1. The Bertz CT molecular complexity index is 691. The Morgan fingerprint density at radius 3 is 2.86 bits per heavy atom. The van der Waals surface area contributed by atoms with E-state index in [4.69, 9.17) is 0 Å². The van der Waals surface area contributed by atoms with Gasteiger partial charge in [0.2, 0.25) is 0 Å². The zero-order valence-corrected chi connectivity index (χ0v) is 14.0. The maximum absolute atomic E-state index is 12.7. The number of hydrogen-bond donors (Lipinski definition) is 1. The van der Waals surface area contributed by atoms with E-state index in [2.05, 4.69) is 28.3 Å². The van der Waals surface area contributed by atoms with Gasteiger partial charge in [0.05, 0.1) is 22.4 Å². The van der Waals surface area contributed by atoms with Crippen molar-refractivity contribution in [3.05, 3.63) is 45.2 Å². The van der Waals surface area contributed by atoms with Crippen LogP contribution in [0.1, 0.15) is 57.4 Å². The summed E-state index contributed by atoms with van der Waals surface area (Å²) in [6, 6.07) is 4.07. The Morgan fingerprint density at radius 1 is 1.45 bits per heavy atom. The van der Waals surface area contributed by atoms with Crippen molar-refractivity contribution in [2.75, 3.05) is 0 Å². The number of pyridine rings is 1. The van der Waals surface area contributed by atoms with E-state index in [-0.39, 0.29) is 11.9 Å². The Kier molecular flexibility index (Phi) is 4.25. The van der Waals surface area contributed by atoms with E-state index in [1.54, 1.807) is 0 Å². The van der Waals surface area contributed by atoms with Crippen molar-refractivity contribution in [1.29, 1.82) is 0 Å².